The molecule has 0 aliphatic rings. The number of aromatic hydroxyl groups is 3. The van der Waals surface area contributed by atoms with Crippen molar-refractivity contribution in [1.29, 1.82) is 0 Å². The van der Waals surface area contributed by atoms with Gasteiger partial charge in [0.25, 0.3) is 0 Å². The second kappa shape index (κ2) is 8.14. The Bertz CT molecular complexity index is 1810. The molecule has 3 N–H and O–H groups in total. The van der Waals surface area contributed by atoms with Crippen LogP contribution in [0, 0.1) is 0 Å². The Morgan fingerprint density at radius 2 is 1.51 bits per heavy atom. The van der Waals surface area contributed by atoms with Gasteiger partial charge >= 0.3 is 0 Å². The summed E-state index contributed by atoms with van der Waals surface area (Å²) in [6.45, 7) is 0. The maximum Gasteiger partial charge on any atom is 0.200 e. The van der Waals surface area contributed by atoms with Crippen molar-refractivity contribution in [1.82, 2.24) is 0 Å². The molecule has 0 saturated heterocycles. The molecule has 3 aromatic carbocycles. The van der Waals surface area contributed by atoms with Gasteiger partial charge in [0.05, 0.1) is 21.7 Å². The minimum Gasteiger partial charge on any atom is -0.508 e. The quantitative estimate of drug-likeness (QED) is 0.198. The SMILES string of the molecule is O=CCc1cc2c(=O)c3ccc(O)cc3oc2c(CC=O)c1-c1coc2cc(O)c(O)cc2c1=O. The summed E-state index contributed by atoms with van der Waals surface area (Å²) in [6, 6.07) is 7.58. The number of rotatable bonds is 5. The van der Waals surface area contributed by atoms with Crippen LogP contribution < -0.4 is 10.9 Å². The Balaban J connectivity index is 1.96. The molecule has 5 aromatic rings. The summed E-state index contributed by atoms with van der Waals surface area (Å²) in [5, 5.41) is 29.7. The average Bonchev–Trinajstić information content (AvgIpc) is 2.82. The number of carbonyl (C=O) groups is 2. The smallest absolute Gasteiger partial charge is 0.200 e. The van der Waals surface area contributed by atoms with E-state index in [4.69, 9.17) is 8.83 Å². The molecular weight excluding hydrogens is 456 g/mol. The summed E-state index contributed by atoms with van der Waals surface area (Å²) >= 11 is 0. The lowest BCUT2D eigenvalue weighted by atomic mass is 9.89. The summed E-state index contributed by atoms with van der Waals surface area (Å²) in [6.07, 6.45) is 1.85. The number of phenols is 3. The molecule has 0 spiro atoms. The van der Waals surface area contributed by atoms with Crippen molar-refractivity contribution in [2.24, 2.45) is 0 Å². The zero-order chi connectivity index (χ0) is 24.9. The van der Waals surface area contributed by atoms with E-state index >= 15 is 0 Å². The first-order valence-corrected chi connectivity index (χ1v) is 10.4. The first-order chi connectivity index (χ1) is 16.8. The molecule has 0 bridgehead atoms. The molecule has 0 amide bonds. The van der Waals surface area contributed by atoms with E-state index in [1.165, 1.54) is 24.3 Å². The van der Waals surface area contributed by atoms with Gasteiger partial charge in [0.2, 0.25) is 10.9 Å². The van der Waals surface area contributed by atoms with Gasteiger partial charge in [0.15, 0.2) is 11.5 Å². The lowest BCUT2D eigenvalue weighted by molar-refractivity contribution is -0.108. The number of benzene rings is 3. The normalized spacial score (nSPS) is 11.3. The van der Waals surface area contributed by atoms with Gasteiger partial charge in [-0.05, 0) is 35.4 Å². The van der Waals surface area contributed by atoms with Crippen LogP contribution in [0.2, 0.25) is 0 Å². The van der Waals surface area contributed by atoms with E-state index in [2.05, 4.69) is 0 Å². The van der Waals surface area contributed by atoms with Crippen molar-refractivity contribution in [3.05, 3.63) is 74.2 Å². The zero-order valence-electron chi connectivity index (χ0n) is 17.9. The van der Waals surface area contributed by atoms with E-state index in [1.54, 1.807) is 0 Å². The van der Waals surface area contributed by atoms with Gasteiger partial charge in [-0.15, -0.1) is 0 Å². The van der Waals surface area contributed by atoms with Crippen molar-refractivity contribution in [3.63, 3.8) is 0 Å². The van der Waals surface area contributed by atoms with Crippen molar-refractivity contribution in [3.8, 4) is 28.4 Å². The van der Waals surface area contributed by atoms with Crippen LogP contribution in [0.3, 0.4) is 0 Å². The van der Waals surface area contributed by atoms with Gasteiger partial charge in [-0.25, -0.2) is 0 Å². The van der Waals surface area contributed by atoms with Crippen LogP contribution in [0.4, 0.5) is 0 Å². The number of aldehydes is 2. The Morgan fingerprint density at radius 3 is 2.26 bits per heavy atom. The highest BCUT2D eigenvalue weighted by atomic mass is 16.3. The molecule has 9 heteroatoms. The number of fused-ring (bicyclic) bond motifs is 3. The van der Waals surface area contributed by atoms with Gasteiger partial charge < -0.3 is 33.7 Å². The molecule has 0 aliphatic carbocycles. The summed E-state index contributed by atoms with van der Waals surface area (Å²) in [5.41, 5.74) is -0.279. The third kappa shape index (κ3) is 3.41. The van der Waals surface area contributed by atoms with E-state index in [-0.39, 0.29) is 68.2 Å². The fraction of sp³-hybridized carbons (Fsp3) is 0.0769. The second-order valence-corrected chi connectivity index (χ2v) is 7.93. The number of hydrogen-bond acceptors (Lipinski definition) is 9. The molecule has 2 heterocycles. The van der Waals surface area contributed by atoms with E-state index < -0.39 is 22.4 Å². The molecule has 0 fully saturated rings. The van der Waals surface area contributed by atoms with E-state index in [0.29, 0.717) is 18.1 Å². The van der Waals surface area contributed by atoms with Gasteiger partial charge in [0, 0.05) is 30.5 Å². The van der Waals surface area contributed by atoms with Crippen molar-refractivity contribution < 1.29 is 33.7 Å². The topological polar surface area (TPSA) is 155 Å². The van der Waals surface area contributed by atoms with Crippen LogP contribution in [0.1, 0.15) is 11.1 Å². The molecule has 9 nitrogen and oxygen atoms in total. The zero-order valence-corrected chi connectivity index (χ0v) is 17.9. The molecule has 0 radical (unpaired) electrons. The highest BCUT2D eigenvalue weighted by Gasteiger charge is 2.23. The highest BCUT2D eigenvalue weighted by Crippen LogP contribution is 2.36. The van der Waals surface area contributed by atoms with Gasteiger partial charge in [0.1, 0.15) is 41.3 Å². The minimum absolute atomic E-state index is 0.0108. The number of carbonyl (C=O) groups excluding carboxylic acids is 2. The van der Waals surface area contributed by atoms with Crippen molar-refractivity contribution in [2.45, 2.75) is 12.8 Å². The monoisotopic (exact) mass is 472 g/mol. The second-order valence-electron chi connectivity index (χ2n) is 7.93. The van der Waals surface area contributed by atoms with Crippen LogP contribution in [0.5, 0.6) is 17.2 Å². The first kappa shape index (κ1) is 21.9. The third-order valence-electron chi connectivity index (χ3n) is 5.86. The molecule has 35 heavy (non-hydrogen) atoms. The summed E-state index contributed by atoms with van der Waals surface area (Å²) in [7, 11) is 0. The summed E-state index contributed by atoms with van der Waals surface area (Å²) < 4.78 is 11.5. The molecule has 174 valence electrons. The van der Waals surface area contributed by atoms with Crippen molar-refractivity contribution >= 4 is 45.5 Å². The standard InChI is InChI=1S/C26H16O9/c27-5-3-12-7-17-24(32)14-2-1-13(29)8-22(14)35-26(17)15(4-6-28)23(12)18-11-34-21-10-20(31)19(30)9-16(21)25(18)33/h1-2,5-11,29-31H,3-4H2. The number of phenolic OH excluding ortho intramolecular Hbond substituents is 3. The third-order valence-corrected chi connectivity index (χ3v) is 5.86. The highest BCUT2D eigenvalue weighted by molar-refractivity contribution is 5.98. The maximum atomic E-state index is 13.4. The first-order valence-electron chi connectivity index (χ1n) is 10.4. The van der Waals surface area contributed by atoms with E-state index in [0.717, 1.165) is 18.4 Å². The Hall–Kier alpha value is -4.92. The van der Waals surface area contributed by atoms with Crippen LogP contribution in [0.15, 0.2) is 61.1 Å². The Morgan fingerprint density at radius 1 is 0.771 bits per heavy atom. The van der Waals surface area contributed by atoms with Crippen LogP contribution in [0.25, 0.3) is 44.0 Å². The molecule has 0 aliphatic heterocycles. The summed E-state index contributed by atoms with van der Waals surface area (Å²) in [4.78, 5) is 49.8. The molecule has 5 rings (SSSR count). The van der Waals surface area contributed by atoms with Gasteiger partial charge in [-0.2, -0.15) is 0 Å². The Labute approximate surface area is 195 Å². The lowest BCUT2D eigenvalue weighted by Crippen LogP contribution is -2.12. The van der Waals surface area contributed by atoms with Crippen molar-refractivity contribution in [2.75, 3.05) is 0 Å². The molecular formula is C26H16O9. The summed E-state index contributed by atoms with van der Waals surface area (Å²) in [5.74, 6) is -1.13. The predicted octanol–water partition coefficient (Wildman–Crippen LogP) is 3.32. The lowest BCUT2D eigenvalue weighted by Gasteiger charge is -2.15. The predicted molar refractivity (Wildman–Crippen MR) is 126 cm³/mol. The molecule has 2 aromatic heterocycles. The Kier molecular flexibility index (Phi) is 5.09. The molecule has 0 saturated carbocycles. The largest absolute Gasteiger partial charge is 0.508 e. The van der Waals surface area contributed by atoms with Crippen LogP contribution >= 0.6 is 0 Å². The van der Waals surface area contributed by atoms with Gasteiger partial charge in [-0.1, -0.05) is 0 Å². The molecule has 0 unspecified atom stereocenters. The fourth-order valence-corrected chi connectivity index (χ4v) is 4.30. The van der Waals surface area contributed by atoms with Crippen LogP contribution in [-0.4, -0.2) is 27.9 Å². The number of hydrogen-bond donors (Lipinski definition) is 3. The fourth-order valence-electron chi connectivity index (χ4n) is 4.30. The van der Waals surface area contributed by atoms with E-state index in [9.17, 15) is 34.5 Å². The molecule has 0 atom stereocenters. The van der Waals surface area contributed by atoms with Crippen LogP contribution in [-0.2, 0) is 22.4 Å². The van der Waals surface area contributed by atoms with E-state index in [1.807, 2.05) is 0 Å². The minimum atomic E-state index is -0.596. The average molecular weight is 472 g/mol. The van der Waals surface area contributed by atoms with Gasteiger partial charge in [-0.3, -0.25) is 9.59 Å². The maximum absolute atomic E-state index is 13.4.